The van der Waals surface area contributed by atoms with Crippen LogP contribution in [0.2, 0.25) is 0 Å². The molecular formula is C27H24N6O3. The van der Waals surface area contributed by atoms with Crippen molar-refractivity contribution in [2.24, 2.45) is 5.73 Å². The number of hydrogen-bond donors (Lipinski definition) is 4. The molecule has 9 nitrogen and oxygen atoms in total. The molecule has 0 saturated heterocycles. The molecule has 0 atom stereocenters. The largest absolute Gasteiger partial charge is 0.398 e. The van der Waals surface area contributed by atoms with E-state index in [1.165, 1.54) is 11.8 Å². The number of aromatic amines is 1. The van der Waals surface area contributed by atoms with E-state index in [1.807, 2.05) is 48.5 Å². The quantitative estimate of drug-likeness (QED) is 0.247. The van der Waals surface area contributed by atoms with Crippen LogP contribution in [0, 0.1) is 0 Å². The number of aromatic nitrogens is 2. The SMILES string of the molecule is C=C(CN1Cc2c(-c3ccc4[nH]nc(-c5cccc(NC(C)=O)c5)c4c3)ccc(N)c2C1=O)C(N)=O. The number of carbonyl (C=O) groups is 3. The molecule has 2 heterocycles. The molecule has 1 aromatic heterocycles. The van der Waals surface area contributed by atoms with Crippen LogP contribution in [0.25, 0.3) is 33.3 Å². The van der Waals surface area contributed by atoms with Crippen LogP contribution < -0.4 is 16.8 Å². The Morgan fingerprint density at radius 2 is 1.94 bits per heavy atom. The zero-order chi connectivity index (χ0) is 25.6. The van der Waals surface area contributed by atoms with Crippen molar-refractivity contribution in [3.8, 4) is 22.4 Å². The van der Waals surface area contributed by atoms with E-state index < -0.39 is 5.91 Å². The van der Waals surface area contributed by atoms with E-state index >= 15 is 0 Å². The molecule has 0 bridgehead atoms. The van der Waals surface area contributed by atoms with Gasteiger partial charge >= 0.3 is 0 Å². The smallest absolute Gasteiger partial charge is 0.256 e. The third-order valence-corrected chi connectivity index (χ3v) is 6.26. The van der Waals surface area contributed by atoms with Crippen molar-refractivity contribution < 1.29 is 14.4 Å². The zero-order valence-electron chi connectivity index (χ0n) is 19.6. The molecule has 36 heavy (non-hydrogen) atoms. The number of nitrogens with zero attached hydrogens (tertiary/aromatic N) is 2. The number of fused-ring (bicyclic) bond motifs is 2. The summed E-state index contributed by atoms with van der Waals surface area (Å²) in [4.78, 5) is 37.6. The van der Waals surface area contributed by atoms with Gasteiger partial charge in [-0.05, 0) is 47.0 Å². The highest BCUT2D eigenvalue weighted by molar-refractivity contribution is 6.06. The second-order valence-corrected chi connectivity index (χ2v) is 8.78. The van der Waals surface area contributed by atoms with E-state index in [4.69, 9.17) is 11.5 Å². The lowest BCUT2D eigenvalue weighted by atomic mass is 9.94. The van der Waals surface area contributed by atoms with Crippen molar-refractivity contribution in [1.29, 1.82) is 0 Å². The van der Waals surface area contributed by atoms with E-state index in [2.05, 4.69) is 22.1 Å². The van der Waals surface area contributed by atoms with E-state index in [0.29, 0.717) is 16.9 Å². The Labute approximate surface area is 206 Å². The molecule has 1 aliphatic heterocycles. The predicted octanol–water partition coefficient (Wildman–Crippen LogP) is 3.43. The Balaban J connectivity index is 1.57. The number of rotatable bonds is 6. The van der Waals surface area contributed by atoms with Gasteiger partial charge in [0.05, 0.1) is 23.3 Å². The van der Waals surface area contributed by atoms with E-state index in [0.717, 1.165) is 38.9 Å². The number of nitrogen functional groups attached to an aromatic ring is 1. The molecular weight excluding hydrogens is 456 g/mol. The van der Waals surface area contributed by atoms with Gasteiger partial charge in [0.2, 0.25) is 11.8 Å². The summed E-state index contributed by atoms with van der Waals surface area (Å²) in [5.74, 6) is -1.06. The fourth-order valence-corrected chi connectivity index (χ4v) is 4.56. The Hall–Kier alpha value is -4.92. The molecule has 0 radical (unpaired) electrons. The van der Waals surface area contributed by atoms with Crippen molar-refractivity contribution >= 4 is 40.0 Å². The van der Waals surface area contributed by atoms with Crippen LogP contribution >= 0.6 is 0 Å². The number of benzene rings is 3. The number of anilines is 2. The molecule has 3 aromatic carbocycles. The lowest BCUT2D eigenvalue weighted by Gasteiger charge is -2.15. The first-order valence-electron chi connectivity index (χ1n) is 11.3. The van der Waals surface area contributed by atoms with Crippen LogP contribution in [0.4, 0.5) is 11.4 Å². The average molecular weight is 481 g/mol. The van der Waals surface area contributed by atoms with Gasteiger partial charge in [0.15, 0.2) is 0 Å². The van der Waals surface area contributed by atoms with Crippen molar-refractivity contribution in [2.75, 3.05) is 17.6 Å². The summed E-state index contributed by atoms with van der Waals surface area (Å²) in [6, 6.07) is 17.0. The molecule has 0 saturated carbocycles. The molecule has 1 aliphatic rings. The third-order valence-electron chi connectivity index (χ3n) is 6.26. The van der Waals surface area contributed by atoms with Crippen molar-refractivity contribution in [3.05, 3.63) is 77.9 Å². The second-order valence-electron chi connectivity index (χ2n) is 8.78. The lowest BCUT2D eigenvalue weighted by Crippen LogP contribution is -2.30. The third kappa shape index (κ3) is 3.96. The zero-order valence-corrected chi connectivity index (χ0v) is 19.6. The number of nitrogens with one attached hydrogen (secondary N) is 2. The van der Waals surface area contributed by atoms with E-state index in [9.17, 15) is 14.4 Å². The van der Waals surface area contributed by atoms with E-state index in [-0.39, 0.29) is 30.5 Å². The first-order valence-corrected chi connectivity index (χ1v) is 11.3. The minimum Gasteiger partial charge on any atom is -0.398 e. The first kappa shape index (κ1) is 22.9. The van der Waals surface area contributed by atoms with Crippen LogP contribution in [0.1, 0.15) is 22.8 Å². The van der Waals surface area contributed by atoms with Crippen LogP contribution in [0.5, 0.6) is 0 Å². The molecule has 0 fully saturated rings. The molecule has 5 rings (SSSR count). The molecule has 0 aliphatic carbocycles. The van der Waals surface area contributed by atoms with Crippen LogP contribution in [-0.2, 0) is 16.1 Å². The van der Waals surface area contributed by atoms with Crippen molar-refractivity contribution in [2.45, 2.75) is 13.5 Å². The molecule has 180 valence electrons. The maximum atomic E-state index is 13.1. The Kier molecular flexibility index (Phi) is 5.52. The fourth-order valence-electron chi connectivity index (χ4n) is 4.56. The Morgan fingerprint density at radius 1 is 1.14 bits per heavy atom. The average Bonchev–Trinajstić information content (AvgIpc) is 3.40. The molecule has 9 heteroatoms. The minimum atomic E-state index is -0.646. The van der Waals surface area contributed by atoms with Gasteiger partial charge in [-0.2, -0.15) is 5.10 Å². The van der Waals surface area contributed by atoms with Gasteiger partial charge in [-0.1, -0.05) is 30.8 Å². The highest BCUT2D eigenvalue weighted by atomic mass is 16.2. The van der Waals surface area contributed by atoms with Crippen LogP contribution in [-0.4, -0.2) is 39.4 Å². The molecule has 3 amide bonds. The van der Waals surface area contributed by atoms with Gasteiger partial charge in [-0.3, -0.25) is 19.5 Å². The van der Waals surface area contributed by atoms with Crippen LogP contribution in [0.15, 0.2) is 66.7 Å². The monoisotopic (exact) mass is 480 g/mol. The van der Waals surface area contributed by atoms with Gasteiger partial charge in [0.1, 0.15) is 0 Å². The highest BCUT2D eigenvalue weighted by Crippen LogP contribution is 2.38. The number of nitrogens with two attached hydrogens (primary N) is 2. The summed E-state index contributed by atoms with van der Waals surface area (Å²) in [5.41, 5.74) is 18.1. The fraction of sp³-hybridized carbons (Fsp3) is 0.111. The molecule has 6 N–H and O–H groups in total. The van der Waals surface area contributed by atoms with E-state index in [1.54, 1.807) is 6.07 Å². The summed E-state index contributed by atoms with van der Waals surface area (Å²) in [5, 5.41) is 11.3. The minimum absolute atomic E-state index is 0.0390. The van der Waals surface area contributed by atoms with Crippen LogP contribution in [0.3, 0.4) is 0 Å². The first-order chi connectivity index (χ1) is 17.2. The maximum absolute atomic E-state index is 13.1. The standard InChI is InChI=1S/C27H24N6O3/c1-14(26(29)35)12-33-13-21-19(7-8-22(28)24(21)27(33)36)16-6-9-23-20(11-16)25(32-31-23)17-4-3-5-18(10-17)30-15(2)34/h3-11H,1,12-13,28H2,2H3,(H2,29,35)(H,30,34)(H,31,32). The summed E-state index contributed by atoms with van der Waals surface area (Å²) in [6.45, 7) is 5.46. The summed E-state index contributed by atoms with van der Waals surface area (Å²) in [7, 11) is 0. The topological polar surface area (TPSA) is 147 Å². The lowest BCUT2D eigenvalue weighted by molar-refractivity contribution is -0.115. The summed E-state index contributed by atoms with van der Waals surface area (Å²) >= 11 is 0. The van der Waals surface area contributed by atoms with Crippen molar-refractivity contribution in [1.82, 2.24) is 15.1 Å². The highest BCUT2D eigenvalue weighted by Gasteiger charge is 2.32. The predicted molar refractivity (Wildman–Crippen MR) is 139 cm³/mol. The Morgan fingerprint density at radius 3 is 2.69 bits per heavy atom. The van der Waals surface area contributed by atoms with Gasteiger partial charge in [0, 0.05) is 41.4 Å². The number of carbonyl (C=O) groups excluding carboxylic acids is 3. The summed E-state index contributed by atoms with van der Waals surface area (Å²) in [6.07, 6.45) is 0. The van der Waals surface area contributed by atoms with Gasteiger partial charge < -0.3 is 21.7 Å². The van der Waals surface area contributed by atoms with Gasteiger partial charge in [-0.25, -0.2) is 0 Å². The molecule has 4 aromatic rings. The molecule has 0 unspecified atom stereocenters. The Bertz CT molecular complexity index is 1590. The second kappa shape index (κ2) is 8.70. The van der Waals surface area contributed by atoms with Gasteiger partial charge in [0.25, 0.3) is 5.91 Å². The van der Waals surface area contributed by atoms with Gasteiger partial charge in [-0.15, -0.1) is 0 Å². The summed E-state index contributed by atoms with van der Waals surface area (Å²) < 4.78 is 0. The number of H-pyrrole nitrogens is 1. The maximum Gasteiger partial charge on any atom is 0.256 e. The number of primary amides is 1. The molecule has 0 spiro atoms. The number of amides is 3. The normalized spacial score (nSPS) is 12.6. The van der Waals surface area contributed by atoms with Crippen molar-refractivity contribution in [3.63, 3.8) is 0 Å². The number of hydrogen-bond acceptors (Lipinski definition) is 5.